The van der Waals surface area contributed by atoms with Gasteiger partial charge in [0.15, 0.2) is 0 Å². The standard InChI is InChI=1S/C15H18ClN3O2/c1-2-3-4-7-15(12-5-8-17-9-6-12)10-13(19(20)21)14(16)18-11-15/h5-6,8-9,11H,2-4,7,10H2,1H3. The van der Waals surface area contributed by atoms with Gasteiger partial charge in [0.1, 0.15) is 0 Å². The van der Waals surface area contributed by atoms with Gasteiger partial charge < -0.3 is 0 Å². The van der Waals surface area contributed by atoms with Crippen LogP contribution in [-0.4, -0.2) is 16.1 Å². The summed E-state index contributed by atoms with van der Waals surface area (Å²) in [6.07, 6.45) is 9.45. The fourth-order valence-electron chi connectivity index (χ4n) is 2.66. The summed E-state index contributed by atoms with van der Waals surface area (Å²) < 4.78 is 0. The van der Waals surface area contributed by atoms with Crippen molar-refractivity contribution >= 4 is 17.8 Å². The van der Waals surface area contributed by atoms with Crippen molar-refractivity contribution in [1.82, 2.24) is 4.98 Å². The van der Waals surface area contributed by atoms with Crippen LogP contribution in [0.5, 0.6) is 0 Å². The molecule has 2 rings (SSSR count). The average molecular weight is 308 g/mol. The highest BCUT2D eigenvalue weighted by atomic mass is 35.5. The van der Waals surface area contributed by atoms with Gasteiger partial charge in [-0.2, -0.15) is 0 Å². The van der Waals surface area contributed by atoms with Gasteiger partial charge >= 0.3 is 0 Å². The predicted octanol–water partition coefficient (Wildman–Crippen LogP) is 4.06. The molecule has 21 heavy (non-hydrogen) atoms. The van der Waals surface area contributed by atoms with Gasteiger partial charge in [0.05, 0.1) is 11.3 Å². The molecule has 6 heteroatoms. The van der Waals surface area contributed by atoms with E-state index in [0.29, 0.717) is 0 Å². The van der Waals surface area contributed by atoms with Crippen LogP contribution in [0.2, 0.25) is 0 Å². The summed E-state index contributed by atoms with van der Waals surface area (Å²) >= 11 is 5.88. The smallest absolute Gasteiger partial charge is 0.265 e. The maximum atomic E-state index is 11.2. The zero-order chi connectivity index (χ0) is 15.3. The predicted molar refractivity (Wildman–Crippen MR) is 83.0 cm³/mol. The molecule has 1 atom stereocenters. The molecule has 0 bridgehead atoms. The quantitative estimate of drug-likeness (QED) is 0.344. The minimum atomic E-state index is -0.459. The Hall–Kier alpha value is -1.75. The van der Waals surface area contributed by atoms with Gasteiger partial charge in [-0.1, -0.05) is 37.8 Å². The van der Waals surface area contributed by atoms with Gasteiger partial charge in [0, 0.05) is 24.0 Å². The third-order valence-corrected chi connectivity index (χ3v) is 4.16. The number of nitrogens with zero attached hydrogens (tertiary/aromatic N) is 3. The molecule has 1 aromatic heterocycles. The summed E-state index contributed by atoms with van der Waals surface area (Å²) in [5.41, 5.74) is 0.534. The summed E-state index contributed by atoms with van der Waals surface area (Å²) in [5, 5.41) is 11.2. The maximum absolute atomic E-state index is 11.2. The van der Waals surface area contributed by atoms with E-state index in [1.807, 2.05) is 12.1 Å². The lowest BCUT2D eigenvalue weighted by Gasteiger charge is -2.31. The Balaban J connectivity index is 2.35. The Morgan fingerprint density at radius 3 is 2.71 bits per heavy atom. The van der Waals surface area contributed by atoms with E-state index < -0.39 is 10.3 Å². The van der Waals surface area contributed by atoms with E-state index in [1.54, 1.807) is 18.6 Å². The molecule has 0 aromatic carbocycles. The van der Waals surface area contributed by atoms with Crippen LogP contribution in [0.1, 0.15) is 44.6 Å². The molecule has 5 nitrogen and oxygen atoms in total. The highest BCUT2D eigenvalue weighted by Crippen LogP contribution is 2.39. The van der Waals surface area contributed by atoms with Crippen LogP contribution in [0.4, 0.5) is 0 Å². The number of rotatable bonds is 6. The van der Waals surface area contributed by atoms with Crippen molar-refractivity contribution in [2.75, 3.05) is 0 Å². The molecule has 2 heterocycles. The molecule has 112 valence electrons. The number of allylic oxidation sites excluding steroid dienone is 1. The zero-order valence-corrected chi connectivity index (χ0v) is 12.7. The largest absolute Gasteiger partial charge is 0.284 e. The minimum absolute atomic E-state index is 0.00697. The summed E-state index contributed by atoms with van der Waals surface area (Å²) in [5.74, 6) is 0. The first kappa shape index (κ1) is 15.6. The second-order valence-electron chi connectivity index (χ2n) is 5.28. The molecule has 0 spiro atoms. The first-order chi connectivity index (χ1) is 10.1. The number of halogens is 1. The number of unbranched alkanes of at least 4 members (excludes halogenated alkanes) is 2. The lowest BCUT2D eigenvalue weighted by molar-refractivity contribution is -0.429. The summed E-state index contributed by atoms with van der Waals surface area (Å²) in [4.78, 5) is 18.9. The van der Waals surface area contributed by atoms with Crippen molar-refractivity contribution in [3.8, 4) is 0 Å². The number of aliphatic imine (C=N–C) groups is 1. The van der Waals surface area contributed by atoms with Crippen molar-refractivity contribution in [2.24, 2.45) is 4.99 Å². The van der Waals surface area contributed by atoms with Crippen LogP contribution in [0.25, 0.3) is 0 Å². The van der Waals surface area contributed by atoms with Crippen molar-refractivity contribution in [1.29, 1.82) is 0 Å². The summed E-state index contributed by atoms with van der Waals surface area (Å²) in [6.45, 7) is 2.13. The van der Waals surface area contributed by atoms with Gasteiger partial charge in [-0.05, 0) is 24.1 Å². The number of aromatic nitrogens is 1. The summed E-state index contributed by atoms with van der Waals surface area (Å²) in [6, 6.07) is 3.80. The van der Waals surface area contributed by atoms with Gasteiger partial charge in [0.2, 0.25) is 5.16 Å². The van der Waals surface area contributed by atoms with E-state index in [2.05, 4.69) is 16.9 Å². The monoisotopic (exact) mass is 307 g/mol. The van der Waals surface area contributed by atoms with Gasteiger partial charge in [-0.25, -0.2) is 4.99 Å². The van der Waals surface area contributed by atoms with E-state index >= 15 is 0 Å². The average Bonchev–Trinajstić information content (AvgIpc) is 2.50. The number of hydrogen-bond acceptors (Lipinski definition) is 4. The molecule has 0 saturated carbocycles. The van der Waals surface area contributed by atoms with Crippen LogP contribution < -0.4 is 0 Å². The first-order valence-corrected chi connectivity index (χ1v) is 7.45. The minimum Gasteiger partial charge on any atom is -0.265 e. The highest BCUT2D eigenvalue weighted by Gasteiger charge is 2.39. The Kier molecular flexibility index (Phi) is 5.07. The second kappa shape index (κ2) is 6.80. The van der Waals surface area contributed by atoms with E-state index in [1.165, 1.54) is 0 Å². The van der Waals surface area contributed by atoms with E-state index in [-0.39, 0.29) is 17.3 Å². The molecule has 0 saturated heterocycles. The summed E-state index contributed by atoms with van der Waals surface area (Å²) in [7, 11) is 0. The van der Waals surface area contributed by atoms with Crippen LogP contribution >= 0.6 is 11.6 Å². The lowest BCUT2D eigenvalue weighted by atomic mass is 9.73. The van der Waals surface area contributed by atoms with E-state index in [0.717, 1.165) is 31.2 Å². The van der Waals surface area contributed by atoms with Crippen LogP contribution in [0, 0.1) is 10.1 Å². The molecule has 0 amide bonds. The molecule has 0 N–H and O–H groups in total. The van der Waals surface area contributed by atoms with Crippen molar-refractivity contribution < 1.29 is 4.92 Å². The molecule has 1 unspecified atom stereocenters. The van der Waals surface area contributed by atoms with Crippen molar-refractivity contribution in [2.45, 2.75) is 44.4 Å². The Labute approximate surface area is 128 Å². The zero-order valence-electron chi connectivity index (χ0n) is 12.0. The third-order valence-electron chi connectivity index (χ3n) is 3.85. The van der Waals surface area contributed by atoms with Crippen molar-refractivity contribution in [3.63, 3.8) is 0 Å². The highest BCUT2D eigenvalue weighted by molar-refractivity contribution is 6.30. The number of pyridine rings is 1. The topological polar surface area (TPSA) is 68.4 Å². The lowest BCUT2D eigenvalue weighted by Crippen LogP contribution is -2.32. The van der Waals surface area contributed by atoms with Crippen LogP contribution in [0.3, 0.4) is 0 Å². The van der Waals surface area contributed by atoms with E-state index in [4.69, 9.17) is 11.6 Å². The van der Waals surface area contributed by atoms with Gasteiger partial charge in [-0.15, -0.1) is 0 Å². The number of nitro groups is 1. The maximum Gasteiger partial charge on any atom is 0.284 e. The molecule has 0 fully saturated rings. The van der Waals surface area contributed by atoms with E-state index in [9.17, 15) is 10.1 Å². The van der Waals surface area contributed by atoms with Gasteiger partial charge in [-0.3, -0.25) is 15.1 Å². The molecular weight excluding hydrogens is 290 g/mol. The first-order valence-electron chi connectivity index (χ1n) is 7.08. The van der Waals surface area contributed by atoms with Gasteiger partial charge in [0.25, 0.3) is 5.70 Å². The van der Waals surface area contributed by atoms with Crippen LogP contribution in [0.15, 0.2) is 40.4 Å². The molecule has 1 aliphatic heterocycles. The molecular formula is C15H18ClN3O2. The Morgan fingerprint density at radius 1 is 1.38 bits per heavy atom. The Morgan fingerprint density at radius 2 is 2.10 bits per heavy atom. The molecule has 1 aromatic rings. The second-order valence-corrected chi connectivity index (χ2v) is 5.64. The SMILES string of the molecule is CCCCCC1(c2ccncc2)C=NC(Cl)=C([N+](=O)[O-])C1. The molecule has 0 radical (unpaired) electrons. The third kappa shape index (κ3) is 3.47. The molecule has 0 aliphatic carbocycles. The fourth-order valence-corrected chi connectivity index (χ4v) is 2.84. The molecule has 1 aliphatic rings. The number of hydrogen-bond donors (Lipinski definition) is 0. The normalized spacial score (nSPS) is 21.6. The van der Waals surface area contributed by atoms with Crippen molar-refractivity contribution in [3.05, 3.63) is 51.1 Å². The van der Waals surface area contributed by atoms with Crippen LogP contribution in [-0.2, 0) is 5.41 Å². The fraction of sp³-hybridized carbons (Fsp3) is 0.467. The Bertz CT molecular complexity index is 572.